The highest BCUT2D eigenvalue weighted by Gasteiger charge is 2.38. The van der Waals surface area contributed by atoms with E-state index in [1.807, 2.05) is 11.8 Å². The number of aryl methyl sites for hydroxylation is 1. The van der Waals surface area contributed by atoms with E-state index >= 15 is 0 Å². The zero-order chi connectivity index (χ0) is 17.2. The Balaban J connectivity index is 1.38. The fourth-order valence-corrected chi connectivity index (χ4v) is 5.93. The highest BCUT2D eigenvalue weighted by atomic mass is 32.2. The highest BCUT2D eigenvalue weighted by Crippen LogP contribution is 2.31. The van der Waals surface area contributed by atoms with Crippen molar-refractivity contribution < 1.29 is 4.79 Å². The van der Waals surface area contributed by atoms with Gasteiger partial charge in [0.2, 0.25) is 0 Å². The number of ketones is 1. The van der Waals surface area contributed by atoms with Crippen molar-refractivity contribution in [2.45, 2.75) is 38.1 Å². The maximum Gasteiger partial charge on any atom is 0.138 e. The van der Waals surface area contributed by atoms with E-state index in [2.05, 4.69) is 34.5 Å². The molecule has 0 amide bonds. The van der Waals surface area contributed by atoms with Crippen molar-refractivity contribution in [1.82, 2.24) is 10.2 Å². The van der Waals surface area contributed by atoms with E-state index in [4.69, 9.17) is 12.2 Å². The minimum absolute atomic E-state index is 0.0790. The molecule has 25 heavy (non-hydrogen) atoms. The molecule has 0 aromatic heterocycles. The molecule has 5 heteroatoms. The molecule has 1 aliphatic carbocycles. The summed E-state index contributed by atoms with van der Waals surface area (Å²) in [6.45, 7) is 1.94. The minimum atomic E-state index is 0.0790. The average molecular weight is 375 g/mol. The molecule has 2 saturated heterocycles. The van der Waals surface area contributed by atoms with E-state index in [0.29, 0.717) is 18.1 Å². The van der Waals surface area contributed by atoms with Gasteiger partial charge in [0.25, 0.3) is 0 Å². The monoisotopic (exact) mass is 374 g/mol. The summed E-state index contributed by atoms with van der Waals surface area (Å²) in [4.78, 5) is 16.3. The van der Waals surface area contributed by atoms with Gasteiger partial charge in [-0.25, -0.2) is 0 Å². The Morgan fingerprint density at radius 1 is 1.28 bits per heavy atom. The molecule has 134 valence electrons. The van der Waals surface area contributed by atoms with Gasteiger partial charge in [-0.15, -0.1) is 11.8 Å². The first kappa shape index (κ1) is 17.5. The second-order valence-electron chi connectivity index (χ2n) is 7.51. The fraction of sp³-hybridized carbons (Fsp3) is 0.600. The van der Waals surface area contributed by atoms with E-state index in [9.17, 15) is 4.79 Å². The number of nitrogens with zero attached hydrogens (tertiary/aromatic N) is 1. The number of rotatable bonds is 4. The number of carbonyl (C=O) groups is 1. The quantitative estimate of drug-likeness (QED) is 0.819. The van der Waals surface area contributed by atoms with Gasteiger partial charge in [-0.2, -0.15) is 0 Å². The predicted molar refractivity (Wildman–Crippen MR) is 108 cm³/mol. The molecule has 1 aromatic rings. The van der Waals surface area contributed by atoms with Gasteiger partial charge in [-0.3, -0.25) is 4.79 Å². The molecule has 2 aliphatic heterocycles. The summed E-state index contributed by atoms with van der Waals surface area (Å²) in [5.41, 5.74) is 2.91. The maximum absolute atomic E-state index is 13.0. The minimum Gasteiger partial charge on any atom is -0.355 e. The van der Waals surface area contributed by atoms with E-state index in [-0.39, 0.29) is 12.0 Å². The summed E-state index contributed by atoms with van der Waals surface area (Å²) in [5.74, 6) is 3.13. The molecule has 3 aliphatic rings. The molecule has 3 nitrogen and oxygen atoms in total. The van der Waals surface area contributed by atoms with Crippen molar-refractivity contribution in [3.8, 4) is 0 Å². The number of fused-ring (bicyclic) bond motifs is 1. The summed E-state index contributed by atoms with van der Waals surface area (Å²) in [6.07, 6.45) is 4.97. The average Bonchev–Trinajstić information content (AvgIpc) is 3.33. The van der Waals surface area contributed by atoms with Gasteiger partial charge in [0.05, 0.1) is 16.9 Å². The van der Waals surface area contributed by atoms with Gasteiger partial charge in [0.15, 0.2) is 0 Å². The second kappa shape index (κ2) is 7.77. The molecule has 0 saturated carbocycles. The first-order chi connectivity index (χ1) is 12.2. The number of thioether (sulfide) groups is 1. The molecule has 0 bridgehead atoms. The molecule has 2 heterocycles. The predicted octanol–water partition coefficient (Wildman–Crippen LogP) is 3.06. The molecule has 3 atom stereocenters. The Morgan fingerprint density at radius 3 is 2.92 bits per heavy atom. The van der Waals surface area contributed by atoms with Crippen molar-refractivity contribution >= 4 is 34.8 Å². The third-order valence-corrected chi connectivity index (χ3v) is 7.38. The number of benzene rings is 1. The largest absolute Gasteiger partial charge is 0.355 e. The number of nitrogens with one attached hydrogen (secondary N) is 1. The summed E-state index contributed by atoms with van der Waals surface area (Å²) in [7, 11) is 0. The standard InChI is InChI=1S/C20H26N2OS2/c23-18(12-14-5-6-15-3-1-2-4-16(15)11-14)17-7-8-21-19(17)20(24)22-9-10-25-13-22/h1-4,14,17,19,21H,5-13H2/t14?,17?,19-/m1/s1. The second-order valence-corrected chi connectivity index (χ2v) is 9.01. The number of Topliss-reactive ketones (excluding diaryl/α,β-unsaturated/α-hetero) is 1. The summed E-state index contributed by atoms with van der Waals surface area (Å²) < 4.78 is 0. The van der Waals surface area contributed by atoms with Crippen molar-refractivity contribution in [1.29, 1.82) is 0 Å². The normalized spacial score (nSPS) is 28.8. The van der Waals surface area contributed by atoms with Crippen molar-refractivity contribution in [2.75, 3.05) is 24.7 Å². The molecule has 4 rings (SSSR count). The number of carbonyl (C=O) groups excluding carboxylic acids is 1. The van der Waals surface area contributed by atoms with Crippen LogP contribution in [0.25, 0.3) is 0 Å². The molecule has 0 radical (unpaired) electrons. The van der Waals surface area contributed by atoms with Gasteiger partial charge in [-0.1, -0.05) is 36.5 Å². The first-order valence-corrected chi connectivity index (χ1v) is 11.0. The van der Waals surface area contributed by atoms with Gasteiger partial charge in [-0.05, 0) is 49.3 Å². The van der Waals surface area contributed by atoms with Gasteiger partial charge >= 0.3 is 0 Å². The Hall–Kier alpha value is -0.910. The zero-order valence-electron chi connectivity index (χ0n) is 14.6. The lowest BCUT2D eigenvalue weighted by Gasteiger charge is -2.28. The highest BCUT2D eigenvalue weighted by molar-refractivity contribution is 7.99. The van der Waals surface area contributed by atoms with Crippen LogP contribution in [0.2, 0.25) is 0 Å². The Kier molecular flexibility index (Phi) is 5.44. The molecule has 1 N–H and O–H groups in total. The van der Waals surface area contributed by atoms with Gasteiger partial charge in [0, 0.05) is 24.6 Å². The number of thiocarbonyl (C=S) groups is 1. The molecule has 2 unspecified atom stereocenters. The Labute approximate surface area is 159 Å². The van der Waals surface area contributed by atoms with Crippen LogP contribution in [0, 0.1) is 11.8 Å². The van der Waals surface area contributed by atoms with Crippen LogP contribution in [0.15, 0.2) is 24.3 Å². The van der Waals surface area contributed by atoms with Crippen LogP contribution >= 0.6 is 24.0 Å². The Bertz CT molecular complexity index is 657. The van der Waals surface area contributed by atoms with Crippen LogP contribution < -0.4 is 5.32 Å². The first-order valence-electron chi connectivity index (χ1n) is 9.42. The zero-order valence-corrected chi connectivity index (χ0v) is 16.2. The molecular formula is C20H26N2OS2. The van der Waals surface area contributed by atoms with Crippen LogP contribution in [0.1, 0.15) is 30.4 Å². The summed E-state index contributed by atoms with van der Waals surface area (Å²) in [5, 5.41) is 3.50. The third kappa shape index (κ3) is 3.79. The van der Waals surface area contributed by atoms with E-state index < -0.39 is 0 Å². The summed E-state index contributed by atoms with van der Waals surface area (Å²) in [6, 6.07) is 8.78. The van der Waals surface area contributed by atoms with Crippen LogP contribution in [-0.4, -0.2) is 46.4 Å². The molecule has 1 aromatic carbocycles. The van der Waals surface area contributed by atoms with Crippen molar-refractivity contribution in [3.05, 3.63) is 35.4 Å². The molecule has 2 fully saturated rings. The fourth-order valence-electron chi connectivity index (χ4n) is 4.48. The van der Waals surface area contributed by atoms with Gasteiger partial charge < -0.3 is 10.2 Å². The van der Waals surface area contributed by atoms with Crippen LogP contribution in [0.3, 0.4) is 0 Å². The number of hydrogen-bond acceptors (Lipinski definition) is 4. The van der Waals surface area contributed by atoms with Crippen LogP contribution in [-0.2, 0) is 17.6 Å². The van der Waals surface area contributed by atoms with Gasteiger partial charge in [0.1, 0.15) is 5.78 Å². The van der Waals surface area contributed by atoms with Crippen molar-refractivity contribution in [2.24, 2.45) is 11.8 Å². The summed E-state index contributed by atoms with van der Waals surface area (Å²) >= 11 is 7.65. The van der Waals surface area contributed by atoms with Crippen molar-refractivity contribution in [3.63, 3.8) is 0 Å². The lowest BCUT2D eigenvalue weighted by atomic mass is 9.79. The van der Waals surface area contributed by atoms with E-state index in [1.54, 1.807) is 0 Å². The SMILES string of the molecule is O=C(CC1CCc2ccccc2C1)C1CCN[C@H]1C(=S)N1CCSC1. The van der Waals surface area contributed by atoms with Crippen LogP contribution in [0.5, 0.6) is 0 Å². The maximum atomic E-state index is 13.0. The van der Waals surface area contributed by atoms with E-state index in [0.717, 1.165) is 55.4 Å². The third-order valence-electron chi connectivity index (χ3n) is 5.90. The topological polar surface area (TPSA) is 32.3 Å². The number of hydrogen-bond donors (Lipinski definition) is 1. The molecular weight excluding hydrogens is 348 g/mol. The Morgan fingerprint density at radius 2 is 2.12 bits per heavy atom. The smallest absolute Gasteiger partial charge is 0.138 e. The van der Waals surface area contributed by atoms with Crippen LogP contribution in [0.4, 0.5) is 0 Å². The molecule has 0 spiro atoms. The van der Waals surface area contributed by atoms with E-state index in [1.165, 1.54) is 11.1 Å². The lowest BCUT2D eigenvalue weighted by molar-refractivity contribution is -0.123. The lowest BCUT2D eigenvalue weighted by Crippen LogP contribution is -2.46.